The molecule has 1 rings (SSSR count). The number of nitrogens with zero attached hydrogens (tertiary/aromatic N) is 2. The molecule has 0 aliphatic heterocycles. The average Bonchev–Trinajstić information content (AvgIpc) is 2.45. The highest BCUT2D eigenvalue weighted by Gasteiger charge is 2.08. The van der Waals surface area contributed by atoms with E-state index in [1.807, 2.05) is 19.9 Å². The molecule has 0 fully saturated rings. The van der Waals surface area contributed by atoms with Crippen LogP contribution in [0.5, 0.6) is 0 Å². The van der Waals surface area contributed by atoms with Crippen LogP contribution in [-0.2, 0) is 6.54 Å². The van der Waals surface area contributed by atoms with Gasteiger partial charge < -0.3 is 21.2 Å². The molecule has 0 spiro atoms. The second-order valence-corrected chi connectivity index (χ2v) is 4.02. The molecule has 0 radical (unpaired) electrons. The van der Waals surface area contributed by atoms with Crippen molar-refractivity contribution in [1.29, 1.82) is 0 Å². The Labute approximate surface area is 112 Å². The Hall–Kier alpha value is -2.24. The topological polar surface area (TPSA) is 91.0 Å². The number of amides is 2. The van der Waals surface area contributed by atoms with Crippen molar-refractivity contribution in [1.82, 2.24) is 10.2 Å². The third-order valence-corrected chi connectivity index (χ3v) is 2.82. The summed E-state index contributed by atoms with van der Waals surface area (Å²) in [6, 6.07) is 7.09. The van der Waals surface area contributed by atoms with Crippen molar-refractivity contribution in [2.24, 2.45) is 10.9 Å². The summed E-state index contributed by atoms with van der Waals surface area (Å²) in [5.41, 5.74) is 7.03. The highest BCUT2D eigenvalue weighted by molar-refractivity contribution is 5.97. The molecule has 0 aliphatic rings. The molecule has 0 bridgehead atoms. The summed E-state index contributed by atoms with van der Waals surface area (Å²) in [6.45, 7) is 5.62. The van der Waals surface area contributed by atoms with Gasteiger partial charge in [-0.25, -0.2) is 4.79 Å². The molecule has 4 N–H and O–H groups in total. The van der Waals surface area contributed by atoms with Crippen molar-refractivity contribution in [3.63, 3.8) is 0 Å². The molecule has 0 atom stereocenters. The van der Waals surface area contributed by atoms with Crippen LogP contribution in [-0.4, -0.2) is 35.1 Å². The van der Waals surface area contributed by atoms with E-state index in [0.717, 1.165) is 5.56 Å². The van der Waals surface area contributed by atoms with E-state index >= 15 is 0 Å². The molecule has 1 aromatic carbocycles. The van der Waals surface area contributed by atoms with Gasteiger partial charge in [0.05, 0.1) is 0 Å². The fourth-order valence-corrected chi connectivity index (χ4v) is 1.70. The standard InChI is InChI=1S/C13H20N4O2/c1-3-17(4-2)13(18)15-9-10-6-5-7-11(8-10)12(14)16-19/h5-8,19H,3-4,9H2,1-2H3,(H2,14,16)(H,15,18). The van der Waals surface area contributed by atoms with Gasteiger partial charge in [-0.1, -0.05) is 23.4 Å². The second kappa shape index (κ2) is 7.25. The molecule has 6 heteroatoms. The summed E-state index contributed by atoms with van der Waals surface area (Å²) in [4.78, 5) is 13.5. The van der Waals surface area contributed by atoms with Crippen molar-refractivity contribution in [2.45, 2.75) is 20.4 Å². The SMILES string of the molecule is CCN(CC)C(=O)NCc1cccc(C(N)=NO)c1. The minimum absolute atomic E-state index is 0.0527. The van der Waals surface area contributed by atoms with E-state index in [1.54, 1.807) is 23.1 Å². The second-order valence-electron chi connectivity index (χ2n) is 4.02. The normalized spacial score (nSPS) is 11.2. The molecule has 2 amide bonds. The lowest BCUT2D eigenvalue weighted by molar-refractivity contribution is 0.203. The predicted octanol–water partition coefficient (Wildman–Crippen LogP) is 1.33. The zero-order valence-electron chi connectivity index (χ0n) is 11.3. The predicted molar refractivity (Wildman–Crippen MR) is 74.1 cm³/mol. The number of urea groups is 1. The number of rotatable bonds is 5. The van der Waals surface area contributed by atoms with Gasteiger partial charge in [0.15, 0.2) is 5.84 Å². The van der Waals surface area contributed by atoms with Crippen LogP contribution in [0.3, 0.4) is 0 Å². The Morgan fingerprint density at radius 3 is 2.68 bits per heavy atom. The van der Waals surface area contributed by atoms with E-state index in [9.17, 15) is 4.79 Å². The van der Waals surface area contributed by atoms with Gasteiger partial charge in [0.1, 0.15) is 0 Å². The number of nitrogens with one attached hydrogen (secondary N) is 1. The molecule has 0 saturated heterocycles. The quantitative estimate of drug-likeness (QED) is 0.324. The summed E-state index contributed by atoms with van der Waals surface area (Å²) >= 11 is 0. The summed E-state index contributed by atoms with van der Waals surface area (Å²) in [5.74, 6) is 0.0527. The maximum atomic E-state index is 11.8. The van der Waals surface area contributed by atoms with Gasteiger partial charge in [-0.05, 0) is 25.5 Å². The van der Waals surface area contributed by atoms with Crippen LogP contribution >= 0.6 is 0 Å². The number of oxime groups is 1. The minimum Gasteiger partial charge on any atom is -0.409 e. The Balaban J connectivity index is 2.66. The molecule has 104 valence electrons. The van der Waals surface area contributed by atoms with Gasteiger partial charge in [-0.15, -0.1) is 0 Å². The summed E-state index contributed by atoms with van der Waals surface area (Å²) in [7, 11) is 0. The molecule has 0 unspecified atom stereocenters. The number of benzene rings is 1. The zero-order valence-corrected chi connectivity index (χ0v) is 11.3. The number of nitrogens with two attached hydrogens (primary N) is 1. The maximum Gasteiger partial charge on any atom is 0.317 e. The fraction of sp³-hybridized carbons (Fsp3) is 0.385. The molecular weight excluding hydrogens is 244 g/mol. The van der Waals surface area contributed by atoms with Crippen LogP contribution in [0, 0.1) is 0 Å². The number of carbonyl (C=O) groups is 1. The third-order valence-electron chi connectivity index (χ3n) is 2.82. The summed E-state index contributed by atoms with van der Waals surface area (Å²) in [5, 5.41) is 14.4. The van der Waals surface area contributed by atoms with E-state index in [-0.39, 0.29) is 11.9 Å². The first kappa shape index (κ1) is 14.8. The van der Waals surface area contributed by atoms with E-state index in [1.165, 1.54) is 0 Å². The summed E-state index contributed by atoms with van der Waals surface area (Å²) < 4.78 is 0. The lowest BCUT2D eigenvalue weighted by Crippen LogP contribution is -2.39. The van der Waals surface area contributed by atoms with E-state index in [4.69, 9.17) is 10.9 Å². The van der Waals surface area contributed by atoms with Crippen LogP contribution < -0.4 is 11.1 Å². The zero-order chi connectivity index (χ0) is 14.3. The highest BCUT2D eigenvalue weighted by atomic mass is 16.4. The van der Waals surface area contributed by atoms with Gasteiger partial charge in [0.25, 0.3) is 0 Å². The first-order valence-electron chi connectivity index (χ1n) is 6.22. The van der Waals surface area contributed by atoms with Crippen LogP contribution in [0.1, 0.15) is 25.0 Å². The molecule has 6 nitrogen and oxygen atoms in total. The Bertz CT molecular complexity index is 456. The largest absolute Gasteiger partial charge is 0.409 e. The van der Waals surface area contributed by atoms with E-state index in [2.05, 4.69) is 10.5 Å². The number of hydrogen-bond acceptors (Lipinski definition) is 3. The Morgan fingerprint density at radius 2 is 2.11 bits per heavy atom. The van der Waals surface area contributed by atoms with Crippen LogP contribution in [0.25, 0.3) is 0 Å². The molecule has 0 aromatic heterocycles. The monoisotopic (exact) mass is 264 g/mol. The smallest absolute Gasteiger partial charge is 0.317 e. The number of carbonyl (C=O) groups excluding carboxylic acids is 1. The molecule has 0 saturated carbocycles. The van der Waals surface area contributed by atoms with Gasteiger partial charge in [0.2, 0.25) is 0 Å². The van der Waals surface area contributed by atoms with Gasteiger partial charge in [0, 0.05) is 25.2 Å². The number of hydrogen-bond donors (Lipinski definition) is 3. The third kappa shape index (κ3) is 4.17. The fourth-order valence-electron chi connectivity index (χ4n) is 1.70. The van der Waals surface area contributed by atoms with E-state index < -0.39 is 0 Å². The van der Waals surface area contributed by atoms with Crippen LogP contribution in [0.4, 0.5) is 4.79 Å². The first-order chi connectivity index (χ1) is 9.12. The highest BCUT2D eigenvalue weighted by Crippen LogP contribution is 2.05. The van der Waals surface area contributed by atoms with Gasteiger partial charge >= 0.3 is 6.03 Å². The van der Waals surface area contributed by atoms with Crippen LogP contribution in [0.15, 0.2) is 29.4 Å². The lowest BCUT2D eigenvalue weighted by Gasteiger charge is -2.19. The first-order valence-corrected chi connectivity index (χ1v) is 6.22. The lowest BCUT2D eigenvalue weighted by atomic mass is 10.1. The number of amidine groups is 1. The molecular formula is C13H20N4O2. The van der Waals surface area contributed by atoms with Crippen molar-refractivity contribution < 1.29 is 10.0 Å². The molecule has 1 aromatic rings. The minimum atomic E-state index is -0.0980. The van der Waals surface area contributed by atoms with Crippen molar-refractivity contribution in [2.75, 3.05) is 13.1 Å². The molecule has 0 aliphatic carbocycles. The van der Waals surface area contributed by atoms with Crippen molar-refractivity contribution in [3.05, 3.63) is 35.4 Å². The van der Waals surface area contributed by atoms with Gasteiger partial charge in [-0.3, -0.25) is 0 Å². The Kier molecular flexibility index (Phi) is 5.66. The van der Waals surface area contributed by atoms with Gasteiger partial charge in [-0.2, -0.15) is 0 Å². The molecule has 19 heavy (non-hydrogen) atoms. The van der Waals surface area contributed by atoms with Crippen molar-refractivity contribution in [3.8, 4) is 0 Å². The van der Waals surface area contributed by atoms with Crippen molar-refractivity contribution >= 4 is 11.9 Å². The average molecular weight is 264 g/mol. The Morgan fingerprint density at radius 1 is 1.42 bits per heavy atom. The molecule has 0 heterocycles. The van der Waals surface area contributed by atoms with E-state index in [0.29, 0.717) is 25.2 Å². The summed E-state index contributed by atoms with van der Waals surface area (Å²) in [6.07, 6.45) is 0. The maximum absolute atomic E-state index is 11.8. The van der Waals surface area contributed by atoms with Crippen LogP contribution in [0.2, 0.25) is 0 Å².